The van der Waals surface area contributed by atoms with Gasteiger partial charge in [0.15, 0.2) is 0 Å². The van der Waals surface area contributed by atoms with Crippen LogP contribution in [0.3, 0.4) is 0 Å². The maximum Gasteiger partial charge on any atom is 0.219 e. The van der Waals surface area contributed by atoms with Crippen LogP contribution in [0, 0.1) is 6.92 Å². The average Bonchev–Trinajstić information content (AvgIpc) is 2.34. The fourth-order valence-electron chi connectivity index (χ4n) is 1.52. The van der Waals surface area contributed by atoms with Crippen LogP contribution in [0.2, 0.25) is 5.02 Å². The second kappa shape index (κ2) is 5.38. The SMILES string of the molecule is Cc1cc(Oc2ccc([C@H](C)N)cn2)ccc1Cl. The molecule has 0 aliphatic heterocycles. The molecule has 94 valence electrons. The fraction of sp³-hybridized carbons (Fsp3) is 0.214. The Hall–Kier alpha value is -1.58. The molecule has 0 fully saturated rings. The zero-order valence-corrected chi connectivity index (χ0v) is 11.1. The van der Waals surface area contributed by atoms with Crippen LogP contribution in [-0.2, 0) is 0 Å². The minimum atomic E-state index is -0.0238. The summed E-state index contributed by atoms with van der Waals surface area (Å²) in [5.41, 5.74) is 7.71. The highest BCUT2D eigenvalue weighted by atomic mass is 35.5. The van der Waals surface area contributed by atoms with Gasteiger partial charge in [0.05, 0.1) is 0 Å². The van der Waals surface area contributed by atoms with Gasteiger partial charge < -0.3 is 10.5 Å². The molecule has 0 aliphatic carbocycles. The minimum absolute atomic E-state index is 0.0238. The Morgan fingerprint density at radius 3 is 2.61 bits per heavy atom. The van der Waals surface area contributed by atoms with Crippen LogP contribution in [-0.4, -0.2) is 4.98 Å². The first kappa shape index (κ1) is 12.9. The Morgan fingerprint density at radius 1 is 1.28 bits per heavy atom. The number of nitrogens with zero attached hydrogens (tertiary/aromatic N) is 1. The molecule has 2 rings (SSSR count). The molecule has 3 nitrogen and oxygen atoms in total. The maximum absolute atomic E-state index is 5.95. The molecule has 0 spiro atoms. The lowest BCUT2D eigenvalue weighted by atomic mass is 10.2. The summed E-state index contributed by atoms with van der Waals surface area (Å²) in [6.45, 7) is 3.85. The molecular weight excluding hydrogens is 248 g/mol. The van der Waals surface area contributed by atoms with E-state index in [1.165, 1.54) is 0 Å². The largest absolute Gasteiger partial charge is 0.439 e. The van der Waals surface area contributed by atoms with Crippen molar-refractivity contribution >= 4 is 11.6 Å². The highest BCUT2D eigenvalue weighted by molar-refractivity contribution is 6.31. The minimum Gasteiger partial charge on any atom is -0.439 e. The van der Waals surface area contributed by atoms with Crippen LogP contribution in [0.25, 0.3) is 0 Å². The lowest BCUT2D eigenvalue weighted by Crippen LogP contribution is -2.05. The zero-order chi connectivity index (χ0) is 13.1. The molecule has 0 radical (unpaired) electrons. The number of nitrogens with two attached hydrogens (primary N) is 1. The van der Waals surface area contributed by atoms with E-state index in [-0.39, 0.29) is 6.04 Å². The lowest BCUT2D eigenvalue weighted by molar-refractivity contribution is 0.462. The van der Waals surface area contributed by atoms with Crippen LogP contribution in [0.1, 0.15) is 24.1 Å². The number of ether oxygens (including phenoxy) is 1. The van der Waals surface area contributed by atoms with Crippen LogP contribution in [0.5, 0.6) is 11.6 Å². The van der Waals surface area contributed by atoms with E-state index in [0.29, 0.717) is 5.88 Å². The molecular formula is C14H15ClN2O. The molecule has 1 heterocycles. The van der Waals surface area contributed by atoms with Crippen LogP contribution >= 0.6 is 11.6 Å². The molecule has 0 saturated heterocycles. The first-order valence-electron chi connectivity index (χ1n) is 5.72. The highest BCUT2D eigenvalue weighted by Crippen LogP contribution is 2.25. The molecule has 0 amide bonds. The number of pyridine rings is 1. The third-order valence-electron chi connectivity index (χ3n) is 2.64. The van der Waals surface area contributed by atoms with Gasteiger partial charge in [0.1, 0.15) is 5.75 Å². The highest BCUT2D eigenvalue weighted by Gasteiger charge is 2.03. The van der Waals surface area contributed by atoms with Crippen molar-refractivity contribution in [3.63, 3.8) is 0 Å². The number of hydrogen-bond donors (Lipinski definition) is 1. The van der Waals surface area contributed by atoms with Gasteiger partial charge in [-0.25, -0.2) is 4.98 Å². The summed E-state index contributed by atoms with van der Waals surface area (Å²) in [6, 6.07) is 9.20. The monoisotopic (exact) mass is 262 g/mol. The molecule has 1 atom stereocenters. The summed E-state index contributed by atoms with van der Waals surface area (Å²) < 4.78 is 5.64. The number of aryl methyl sites for hydroxylation is 1. The Labute approximate surface area is 112 Å². The van der Waals surface area contributed by atoms with Crippen molar-refractivity contribution in [2.24, 2.45) is 5.73 Å². The van der Waals surface area contributed by atoms with Crippen molar-refractivity contribution in [1.82, 2.24) is 4.98 Å². The quantitative estimate of drug-likeness (QED) is 0.914. The molecule has 18 heavy (non-hydrogen) atoms. The average molecular weight is 263 g/mol. The van der Waals surface area contributed by atoms with E-state index < -0.39 is 0 Å². The first-order chi connectivity index (χ1) is 8.56. The predicted octanol–water partition coefficient (Wildman–Crippen LogP) is 3.86. The molecule has 1 aromatic heterocycles. The normalized spacial score (nSPS) is 12.2. The summed E-state index contributed by atoms with van der Waals surface area (Å²) in [5, 5.41) is 0.725. The summed E-state index contributed by atoms with van der Waals surface area (Å²) in [5.74, 6) is 1.26. The topological polar surface area (TPSA) is 48.1 Å². The van der Waals surface area contributed by atoms with Crippen molar-refractivity contribution < 1.29 is 4.74 Å². The fourth-order valence-corrected chi connectivity index (χ4v) is 1.64. The number of halogens is 1. The molecule has 0 saturated carbocycles. The van der Waals surface area contributed by atoms with Gasteiger partial charge in [-0.05, 0) is 43.2 Å². The summed E-state index contributed by atoms with van der Waals surface area (Å²) in [7, 11) is 0. The molecule has 0 unspecified atom stereocenters. The van der Waals surface area contributed by atoms with Gasteiger partial charge in [-0.2, -0.15) is 0 Å². The standard InChI is InChI=1S/C14H15ClN2O/c1-9-7-12(4-5-13(9)15)18-14-6-3-11(8-17-14)10(2)16/h3-8,10H,16H2,1-2H3/t10-/m0/s1. The van der Waals surface area contributed by atoms with Gasteiger partial charge >= 0.3 is 0 Å². The van der Waals surface area contributed by atoms with Gasteiger partial charge in [-0.3, -0.25) is 0 Å². The van der Waals surface area contributed by atoms with Gasteiger partial charge in [-0.1, -0.05) is 17.7 Å². The van der Waals surface area contributed by atoms with Crippen LogP contribution in [0.15, 0.2) is 36.5 Å². The third-order valence-corrected chi connectivity index (χ3v) is 3.06. The Morgan fingerprint density at radius 2 is 2.06 bits per heavy atom. The van der Waals surface area contributed by atoms with E-state index in [9.17, 15) is 0 Å². The summed E-state index contributed by atoms with van der Waals surface area (Å²) in [6.07, 6.45) is 1.72. The number of aromatic nitrogens is 1. The van der Waals surface area contributed by atoms with Gasteiger partial charge in [0.25, 0.3) is 0 Å². The Balaban J connectivity index is 2.15. The molecule has 1 aromatic carbocycles. The van der Waals surface area contributed by atoms with Crippen molar-refractivity contribution in [2.45, 2.75) is 19.9 Å². The van der Waals surface area contributed by atoms with Gasteiger partial charge in [-0.15, -0.1) is 0 Å². The van der Waals surface area contributed by atoms with Crippen LogP contribution in [0.4, 0.5) is 0 Å². The first-order valence-corrected chi connectivity index (χ1v) is 6.09. The molecule has 0 aliphatic rings. The van der Waals surface area contributed by atoms with E-state index >= 15 is 0 Å². The van der Waals surface area contributed by atoms with Gasteiger partial charge in [0, 0.05) is 23.3 Å². The molecule has 2 N–H and O–H groups in total. The lowest BCUT2D eigenvalue weighted by Gasteiger charge is -2.08. The zero-order valence-electron chi connectivity index (χ0n) is 10.4. The van der Waals surface area contributed by atoms with E-state index in [1.807, 2.05) is 44.2 Å². The van der Waals surface area contributed by atoms with Crippen molar-refractivity contribution in [1.29, 1.82) is 0 Å². The molecule has 4 heteroatoms. The van der Waals surface area contributed by atoms with E-state index in [4.69, 9.17) is 22.1 Å². The smallest absolute Gasteiger partial charge is 0.219 e. The van der Waals surface area contributed by atoms with Gasteiger partial charge in [0.2, 0.25) is 5.88 Å². The summed E-state index contributed by atoms with van der Waals surface area (Å²) >= 11 is 5.95. The summed E-state index contributed by atoms with van der Waals surface area (Å²) in [4.78, 5) is 4.21. The number of benzene rings is 1. The number of rotatable bonds is 3. The third kappa shape index (κ3) is 3.00. The number of hydrogen-bond acceptors (Lipinski definition) is 3. The van der Waals surface area contributed by atoms with Crippen molar-refractivity contribution in [3.8, 4) is 11.6 Å². The molecule has 2 aromatic rings. The molecule has 0 bridgehead atoms. The predicted molar refractivity (Wildman–Crippen MR) is 73.1 cm³/mol. The van der Waals surface area contributed by atoms with Crippen molar-refractivity contribution in [2.75, 3.05) is 0 Å². The second-order valence-corrected chi connectivity index (χ2v) is 4.64. The Bertz CT molecular complexity index is 538. The van der Waals surface area contributed by atoms with E-state index in [2.05, 4.69) is 4.98 Å². The van der Waals surface area contributed by atoms with E-state index in [0.717, 1.165) is 21.9 Å². The second-order valence-electron chi connectivity index (χ2n) is 4.23. The van der Waals surface area contributed by atoms with Crippen LogP contribution < -0.4 is 10.5 Å². The van der Waals surface area contributed by atoms with Crippen molar-refractivity contribution in [3.05, 3.63) is 52.7 Å². The Kier molecular flexibility index (Phi) is 3.84. The maximum atomic E-state index is 5.95. The van der Waals surface area contributed by atoms with E-state index in [1.54, 1.807) is 6.20 Å².